The van der Waals surface area contributed by atoms with Gasteiger partial charge < -0.3 is 20.4 Å². The predicted molar refractivity (Wildman–Crippen MR) is 65.3 cm³/mol. The first-order valence-electron chi connectivity index (χ1n) is 5.36. The van der Waals surface area contributed by atoms with Crippen LogP contribution in [0.25, 0.3) is 0 Å². The summed E-state index contributed by atoms with van der Waals surface area (Å²) < 4.78 is 0. The minimum Gasteiger partial charge on any atom is -0.377 e. The van der Waals surface area contributed by atoms with Gasteiger partial charge in [-0.1, -0.05) is 0 Å². The van der Waals surface area contributed by atoms with E-state index in [1.54, 1.807) is 0 Å². The Labute approximate surface area is 100 Å². The zero-order valence-corrected chi connectivity index (χ0v) is 10.1. The highest BCUT2D eigenvalue weighted by Crippen LogP contribution is 2.17. The Morgan fingerprint density at radius 2 is 2.12 bits per heavy atom. The maximum atomic E-state index is 10.4. The van der Waals surface area contributed by atoms with E-state index in [1.807, 2.05) is 0 Å². The van der Waals surface area contributed by atoms with Gasteiger partial charge >= 0.3 is 0 Å². The molecule has 16 heavy (non-hydrogen) atoms. The van der Waals surface area contributed by atoms with Crippen LogP contribution in [0.15, 0.2) is 0 Å². The molecule has 6 heteroatoms. The number of rotatable bonds is 11. The van der Waals surface area contributed by atoms with Crippen molar-refractivity contribution >= 4 is 24.3 Å². The first-order chi connectivity index (χ1) is 7.76. The second-order valence-corrected chi connectivity index (χ2v) is 4.66. The van der Waals surface area contributed by atoms with Crippen LogP contribution in [0.2, 0.25) is 0 Å². The number of aliphatic hydroxyl groups is 1. The number of nitrogens with one attached hydrogen (secondary N) is 1. The van der Waals surface area contributed by atoms with Crippen LogP contribution in [0.4, 0.5) is 0 Å². The molecule has 0 saturated carbocycles. The fourth-order valence-electron chi connectivity index (χ4n) is 1.12. The Bertz CT molecular complexity index is 193. The molecule has 0 aliphatic carbocycles. The molecule has 0 rings (SSSR count). The van der Waals surface area contributed by atoms with E-state index in [1.165, 1.54) is 11.8 Å². The molecule has 0 bridgehead atoms. The van der Waals surface area contributed by atoms with E-state index in [0.717, 1.165) is 24.7 Å². The van der Waals surface area contributed by atoms with Crippen LogP contribution in [0.1, 0.15) is 19.3 Å². The first kappa shape index (κ1) is 15.6. The Kier molecular flexibility index (Phi) is 10.8. The number of nitrogens with two attached hydrogens (primary N) is 1. The molecule has 0 saturated heterocycles. The van der Waals surface area contributed by atoms with Crippen LogP contribution < -0.4 is 11.1 Å². The van der Waals surface area contributed by atoms with Crippen molar-refractivity contribution in [3.05, 3.63) is 0 Å². The van der Waals surface area contributed by atoms with Crippen molar-refractivity contribution in [1.82, 2.24) is 5.32 Å². The Hall–Kier alpha value is -0.430. The number of aldehydes is 2. The standard InChI is InChI=1S/C10H20N2O3S/c11-4-1-8-16-9(3-7-14)10(15)12-5-2-6-13/h6-7,9-10,12,15H,1-5,8,11H2. The number of thioether (sulfide) groups is 1. The van der Waals surface area contributed by atoms with Crippen molar-refractivity contribution < 1.29 is 14.7 Å². The third-order valence-electron chi connectivity index (χ3n) is 1.98. The summed E-state index contributed by atoms with van der Waals surface area (Å²) in [6.07, 6.45) is 2.35. The van der Waals surface area contributed by atoms with Gasteiger partial charge in [0.25, 0.3) is 0 Å². The molecule has 2 unspecified atom stereocenters. The summed E-state index contributed by atoms with van der Waals surface area (Å²) in [5, 5.41) is 12.4. The van der Waals surface area contributed by atoms with E-state index in [9.17, 15) is 14.7 Å². The predicted octanol–water partition coefficient (Wildman–Crippen LogP) is -0.477. The molecule has 0 heterocycles. The fourth-order valence-corrected chi connectivity index (χ4v) is 2.25. The van der Waals surface area contributed by atoms with E-state index in [2.05, 4.69) is 5.32 Å². The minimum absolute atomic E-state index is 0.171. The quantitative estimate of drug-likeness (QED) is 0.260. The molecule has 0 aromatic carbocycles. The summed E-state index contributed by atoms with van der Waals surface area (Å²) in [6, 6.07) is 0. The van der Waals surface area contributed by atoms with E-state index in [-0.39, 0.29) is 5.25 Å². The number of carbonyl (C=O) groups is 2. The van der Waals surface area contributed by atoms with E-state index in [4.69, 9.17) is 5.73 Å². The lowest BCUT2D eigenvalue weighted by molar-refractivity contribution is -0.109. The van der Waals surface area contributed by atoms with Gasteiger partial charge in [-0.15, -0.1) is 0 Å². The maximum Gasteiger partial charge on any atom is 0.121 e. The van der Waals surface area contributed by atoms with Crippen LogP contribution >= 0.6 is 11.8 Å². The molecule has 0 radical (unpaired) electrons. The van der Waals surface area contributed by atoms with Crippen molar-refractivity contribution in [2.24, 2.45) is 5.73 Å². The van der Waals surface area contributed by atoms with Gasteiger partial charge in [0, 0.05) is 19.4 Å². The Morgan fingerprint density at radius 1 is 1.38 bits per heavy atom. The molecular formula is C10H20N2O3S. The van der Waals surface area contributed by atoms with E-state index >= 15 is 0 Å². The summed E-state index contributed by atoms with van der Waals surface area (Å²) in [5.41, 5.74) is 5.36. The van der Waals surface area contributed by atoms with Gasteiger partial charge in [-0.25, -0.2) is 0 Å². The number of carbonyl (C=O) groups excluding carboxylic acids is 2. The fraction of sp³-hybridized carbons (Fsp3) is 0.800. The van der Waals surface area contributed by atoms with Gasteiger partial charge in [-0.05, 0) is 18.7 Å². The van der Waals surface area contributed by atoms with Crippen LogP contribution in [0, 0.1) is 0 Å². The third-order valence-corrected chi connectivity index (χ3v) is 3.38. The third kappa shape index (κ3) is 7.81. The molecule has 0 amide bonds. The molecule has 5 nitrogen and oxygen atoms in total. The molecule has 94 valence electrons. The number of aliphatic hydroxyl groups excluding tert-OH is 1. The van der Waals surface area contributed by atoms with Crippen molar-refractivity contribution in [2.45, 2.75) is 30.7 Å². The lowest BCUT2D eigenvalue weighted by atomic mass is 10.3. The average molecular weight is 248 g/mol. The second-order valence-electron chi connectivity index (χ2n) is 3.31. The largest absolute Gasteiger partial charge is 0.377 e. The van der Waals surface area contributed by atoms with Gasteiger partial charge in [0.05, 0.1) is 5.25 Å². The van der Waals surface area contributed by atoms with Gasteiger partial charge in [0.15, 0.2) is 0 Å². The molecule has 4 N–H and O–H groups in total. The topological polar surface area (TPSA) is 92.4 Å². The van der Waals surface area contributed by atoms with Crippen molar-refractivity contribution in [2.75, 3.05) is 18.8 Å². The normalized spacial score (nSPS) is 14.4. The van der Waals surface area contributed by atoms with Crippen molar-refractivity contribution in [3.8, 4) is 0 Å². The minimum atomic E-state index is -0.757. The average Bonchev–Trinajstić information content (AvgIpc) is 2.28. The summed E-state index contributed by atoms with van der Waals surface area (Å²) in [7, 11) is 0. The second kappa shape index (κ2) is 11.1. The highest BCUT2D eigenvalue weighted by atomic mass is 32.2. The molecule has 0 aromatic heterocycles. The van der Waals surface area contributed by atoms with Gasteiger partial charge in [0.1, 0.15) is 18.8 Å². The molecule has 2 atom stereocenters. The summed E-state index contributed by atoms with van der Waals surface area (Å²) >= 11 is 1.52. The lowest BCUT2D eigenvalue weighted by Gasteiger charge is -2.21. The van der Waals surface area contributed by atoms with Crippen LogP contribution in [0.3, 0.4) is 0 Å². The smallest absolute Gasteiger partial charge is 0.121 e. The zero-order valence-electron chi connectivity index (χ0n) is 9.30. The van der Waals surface area contributed by atoms with Crippen LogP contribution in [-0.2, 0) is 9.59 Å². The lowest BCUT2D eigenvalue weighted by Crippen LogP contribution is -2.39. The van der Waals surface area contributed by atoms with Crippen molar-refractivity contribution in [3.63, 3.8) is 0 Å². The van der Waals surface area contributed by atoms with E-state index in [0.29, 0.717) is 25.9 Å². The van der Waals surface area contributed by atoms with Crippen LogP contribution in [0.5, 0.6) is 0 Å². The molecule has 0 fully saturated rings. The van der Waals surface area contributed by atoms with Gasteiger partial charge in [-0.3, -0.25) is 5.32 Å². The molecule has 0 aliphatic heterocycles. The highest BCUT2D eigenvalue weighted by molar-refractivity contribution is 7.99. The molecule has 0 spiro atoms. The zero-order chi connectivity index (χ0) is 12.2. The van der Waals surface area contributed by atoms with Crippen LogP contribution in [-0.4, -0.2) is 48.0 Å². The van der Waals surface area contributed by atoms with Gasteiger partial charge in [-0.2, -0.15) is 11.8 Å². The summed E-state index contributed by atoms with van der Waals surface area (Å²) in [5.74, 6) is 0.821. The Balaban J connectivity index is 3.86. The molecule has 0 aromatic rings. The molecular weight excluding hydrogens is 228 g/mol. The SMILES string of the molecule is NCCCSC(CC=O)C(O)NCCC=O. The summed E-state index contributed by atoms with van der Waals surface area (Å²) in [6.45, 7) is 1.03. The number of hydrogen-bond acceptors (Lipinski definition) is 6. The number of hydrogen-bond donors (Lipinski definition) is 3. The first-order valence-corrected chi connectivity index (χ1v) is 6.41. The van der Waals surface area contributed by atoms with Gasteiger partial charge in [0.2, 0.25) is 0 Å². The highest BCUT2D eigenvalue weighted by Gasteiger charge is 2.18. The van der Waals surface area contributed by atoms with Crippen molar-refractivity contribution in [1.29, 1.82) is 0 Å². The summed E-state index contributed by atoms with van der Waals surface area (Å²) in [4.78, 5) is 20.5. The monoisotopic (exact) mass is 248 g/mol. The molecule has 0 aliphatic rings. The maximum absolute atomic E-state index is 10.4. The van der Waals surface area contributed by atoms with E-state index < -0.39 is 6.23 Å². The Morgan fingerprint density at radius 3 is 2.69 bits per heavy atom.